The molecule has 0 aromatic carbocycles. The summed E-state index contributed by atoms with van der Waals surface area (Å²) in [6, 6.07) is 6.32. The second-order valence-electron chi connectivity index (χ2n) is 8.53. The van der Waals surface area contributed by atoms with Gasteiger partial charge in [0.05, 0.1) is 11.3 Å². The molecular weight excluding hydrogens is 390 g/mol. The Hall–Kier alpha value is -3.00. The van der Waals surface area contributed by atoms with Crippen LogP contribution in [0.2, 0.25) is 0 Å². The van der Waals surface area contributed by atoms with Gasteiger partial charge < -0.3 is 15.7 Å². The van der Waals surface area contributed by atoms with Crippen LogP contribution in [0.1, 0.15) is 51.5 Å². The lowest BCUT2D eigenvalue weighted by Crippen LogP contribution is -2.36. The van der Waals surface area contributed by atoms with Crippen molar-refractivity contribution in [1.82, 2.24) is 19.6 Å². The van der Waals surface area contributed by atoms with Crippen LogP contribution in [-0.4, -0.2) is 49.6 Å². The summed E-state index contributed by atoms with van der Waals surface area (Å²) in [5, 5.41) is 21.5. The summed E-state index contributed by atoms with van der Waals surface area (Å²) in [5.74, 6) is 2.05. The van der Waals surface area contributed by atoms with Gasteiger partial charge in [-0.1, -0.05) is 13.0 Å². The number of fused-ring (bicyclic) bond motifs is 1. The molecule has 1 fully saturated rings. The molecule has 1 aliphatic carbocycles. The first-order chi connectivity index (χ1) is 14.9. The van der Waals surface area contributed by atoms with E-state index in [2.05, 4.69) is 27.6 Å². The Morgan fingerprint density at radius 3 is 2.74 bits per heavy atom. The number of nitrogens with zero attached hydrogens (tertiary/aromatic N) is 5. The number of hydrogen-bond acceptors (Lipinski definition) is 7. The second kappa shape index (κ2) is 8.63. The van der Waals surface area contributed by atoms with E-state index in [1.165, 1.54) is 0 Å². The van der Waals surface area contributed by atoms with Crippen LogP contribution in [0.25, 0.3) is 16.8 Å². The molecule has 4 rings (SSSR count). The largest absolute Gasteiger partial charge is 0.390 e. The standard InChI is InChI=1S/C23H31N7O/c1-5-13-25-20-15(2)6-7-18(27-20)17-10-14-30-19(17)21(24-4)28-22(29-30)26-16-8-11-23(3,31)12-9-16/h6-7,10,13-14,16,31H,5,8-9,11-12H2,1-4H3,(H2,24,26,28,29)/b25-13-. The van der Waals surface area contributed by atoms with Gasteiger partial charge in [0.2, 0.25) is 5.95 Å². The number of aliphatic imine (C=N–C) groups is 1. The average Bonchev–Trinajstić information content (AvgIpc) is 3.18. The van der Waals surface area contributed by atoms with Gasteiger partial charge in [-0.2, -0.15) is 4.98 Å². The van der Waals surface area contributed by atoms with Gasteiger partial charge in [-0.15, -0.1) is 5.10 Å². The minimum absolute atomic E-state index is 0.259. The van der Waals surface area contributed by atoms with Crippen molar-refractivity contribution in [1.29, 1.82) is 0 Å². The molecule has 0 spiro atoms. The zero-order chi connectivity index (χ0) is 22.0. The highest BCUT2D eigenvalue weighted by atomic mass is 16.3. The number of nitrogens with one attached hydrogen (secondary N) is 2. The lowest BCUT2D eigenvalue weighted by atomic mass is 9.84. The quantitative estimate of drug-likeness (QED) is 0.512. The van der Waals surface area contributed by atoms with Gasteiger partial charge in [0, 0.05) is 31.1 Å². The first kappa shape index (κ1) is 21.2. The van der Waals surface area contributed by atoms with Crippen molar-refractivity contribution >= 4 is 29.3 Å². The predicted molar refractivity (Wildman–Crippen MR) is 125 cm³/mol. The van der Waals surface area contributed by atoms with Crippen molar-refractivity contribution in [2.24, 2.45) is 4.99 Å². The maximum absolute atomic E-state index is 10.2. The number of rotatable bonds is 6. The highest BCUT2D eigenvalue weighted by Crippen LogP contribution is 2.32. The van der Waals surface area contributed by atoms with E-state index in [-0.39, 0.29) is 6.04 Å². The predicted octanol–water partition coefficient (Wildman–Crippen LogP) is 4.36. The number of aliphatic hydroxyl groups is 1. The third-order valence-corrected chi connectivity index (χ3v) is 5.89. The summed E-state index contributed by atoms with van der Waals surface area (Å²) >= 11 is 0. The molecule has 8 nitrogen and oxygen atoms in total. The van der Waals surface area contributed by atoms with E-state index < -0.39 is 5.60 Å². The van der Waals surface area contributed by atoms with E-state index in [0.29, 0.717) is 5.95 Å². The van der Waals surface area contributed by atoms with Crippen LogP contribution in [0.4, 0.5) is 17.6 Å². The molecule has 0 radical (unpaired) electrons. The lowest BCUT2D eigenvalue weighted by Gasteiger charge is -2.33. The molecule has 0 unspecified atom stereocenters. The maximum Gasteiger partial charge on any atom is 0.243 e. The van der Waals surface area contributed by atoms with Crippen LogP contribution in [0, 0.1) is 6.92 Å². The fraction of sp³-hybridized carbons (Fsp3) is 0.478. The zero-order valence-corrected chi connectivity index (χ0v) is 18.7. The average molecular weight is 422 g/mol. The van der Waals surface area contributed by atoms with Gasteiger partial charge in [0.15, 0.2) is 11.6 Å². The fourth-order valence-electron chi connectivity index (χ4n) is 4.01. The lowest BCUT2D eigenvalue weighted by molar-refractivity contribution is 0.0195. The molecule has 0 atom stereocenters. The molecule has 31 heavy (non-hydrogen) atoms. The summed E-state index contributed by atoms with van der Waals surface area (Å²) in [7, 11) is 1.86. The summed E-state index contributed by atoms with van der Waals surface area (Å²) in [6.45, 7) is 5.98. The first-order valence-corrected chi connectivity index (χ1v) is 11.0. The van der Waals surface area contributed by atoms with Gasteiger partial charge in [0.25, 0.3) is 0 Å². The van der Waals surface area contributed by atoms with E-state index in [1.54, 1.807) is 0 Å². The van der Waals surface area contributed by atoms with E-state index >= 15 is 0 Å². The van der Waals surface area contributed by atoms with Gasteiger partial charge in [0.1, 0.15) is 5.52 Å². The third kappa shape index (κ3) is 4.54. The Balaban J connectivity index is 1.66. The normalized spacial score (nSPS) is 21.6. The van der Waals surface area contributed by atoms with E-state index in [0.717, 1.165) is 66.1 Å². The highest BCUT2D eigenvalue weighted by Gasteiger charge is 2.29. The van der Waals surface area contributed by atoms with Gasteiger partial charge in [-0.25, -0.2) is 14.5 Å². The third-order valence-electron chi connectivity index (χ3n) is 5.89. The summed E-state index contributed by atoms with van der Waals surface area (Å²) in [6.07, 6.45) is 8.03. The van der Waals surface area contributed by atoms with E-state index in [9.17, 15) is 5.11 Å². The molecule has 3 aromatic heterocycles. The molecule has 0 amide bonds. The number of hydrogen-bond donors (Lipinski definition) is 3. The highest BCUT2D eigenvalue weighted by molar-refractivity contribution is 5.88. The molecule has 164 valence electrons. The van der Waals surface area contributed by atoms with Crippen LogP contribution in [0.3, 0.4) is 0 Å². The van der Waals surface area contributed by atoms with Crippen molar-refractivity contribution in [3.8, 4) is 11.3 Å². The topological polar surface area (TPSA) is 99.7 Å². The van der Waals surface area contributed by atoms with Crippen molar-refractivity contribution in [2.45, 2.75) is 64.5 Å². The van der Waals surface area contributed by atoms with Gasteiger partial charge >= 0.3 is 0 Å². The van der Waals surface area contributed by atoms with E-state index in [4.69, 9.17) is 9.97 Å². The van der Waals surface area contributed by atoms with Crippen LogP contribution in [-0.2, 0) is 0 Å². The summed E-state index contributed by atoms with van der Waals surface area (Å²) < 4.78 is 1.84. The minimum Gasteiger partial charge on any atom is -0.390 e. The van der Waals surface area contributed by atoms with Crippen molar-refractivity contribution in [2.75, 3.05) is 17.7 Å². The first-order valence-electron chi connectivity index (χ1n) is 11.0. The Bertz CT molecular complexity index is 1090. The maximum atomic E-state index is 10.2. The van der Waals surface area contributed by atoms with E-state index in [1.807, 2.05) is 56.0 Å². The molecule has 0 saturated heterocycles. The zero-order valence-electron chi connectivity index (χ0n) is 18.7. The van der Waals surface area contributed by atoms with Crippen LogP contribution < -0.4 is 10.6 Å². The number of aryl methyl sites for hydroxylation is 1. The Labute approximate surface area is 182 Å². The molecule has 1 aliphatic rings. The second-order valence-corrected chi connectivity index (χ2v) is 8.53. The van der Waals surface area contributed by atoms with Crippen molar-refractivity contribution in [3.05, 3.63) is 30.0 Å². The smallest absolute Gasteiger partial charge is 0.243 e. The van der Waals surface area contributed by atoms with Crippen molar-refractivity contribution in [3.63, 3.8) is 0 Å². The molecule has 1 saturated carbocycles. The molecule has 0 bridgehead atoms. The SMILES string of the molecule is CC/C=N\c1nc(-c2ccn3nc(NC4CCC(C)(O)CC4)nc(NC)c23)ccc1C. The van der Waals surface area contributed by atoms with Crippen LogP contribution >= 0.6 is 0 Å². The molecule has 0 aliphatic heterocycles. The molecule has 8 heteroatoms. The van der Waals surface area contributed by atoms with Gasteiger partial charge in [-0.05, 0) is 63.6 Å². The Kier molecular flexibility index (Phi) is 5.91. The molecular formula is C23H31N7O. The number of pyridine rings is 1. The van der Waals surface area contributed by atoms with Crippen LogP contribution in [0.5, 0.6) is 0 Å². The molecule has 3 N–H and O–H groups in total. The monoisotopic (exact) mass is 421 g/mol. The van der Waals surface area contributed by atoms with Crippen LogP contribution in [0.15, 0.2) is 29.4 Å². The molecule has 3 heterocycles. The van der Waals surface area contributed by atoms with Crippen molar-refractivity contribution < 1.29 is 5.11 Å². The number of anilines is 2. The molecule has 3 aromatic rings. The summed E-state index contributed by atoms with van der Waals surface area (Å²) in [5.41, 5.74) is 3.15. The summed E-state index contributed by atoms with van der Waals surface area (Å²) in [4.78, 5) is 14.0. The Morgan fingerprint density at radius 2 is 2.03 bits per heavy atom. The van der Waals surface area contributed by atoms with Gasteiger partial charge in [-0.3, -0.25) is 0 Å². The Morgan fingerprint density at radius 1 is 1.26 bits per heavy atom. The minimum atomic E-state index is -0.560. The number of aromatic nitrogens is 4. The fourth-order valence-corrected chi connectivity index (χ4v) is 4.01.